The van der Waals surface area contributed by atoms with Gasteiger partial charge in [0, 0.05) is 0 Å². The Kier molecular flexibility index (Phi) is 3.44. The van der Waals surface area contributed by atoms with Gasteiger partial charge in [-0.2, -0.15) is 22.0 Å². The number of carbonyl (C=O) groups is 1. The quantitative estimate of drug-likeness (QED) is 0.341. The van der Waals surface area contributed by atoms with E-state index in [2.05, 4.69) is 11.3 Å². The third kappa shape index (κ3) is 3.19. The molecule has 0 atom stereocenters. The average molecular weight is 220 g/mol. The van der Waals surface area contributed by atoms with Crippen molar-refractivity contribution in [2.24, 2.45) is 0 Å². The molecule has 1 N–H and O–H groups in total. The van der Waals surface area contributed by atoms with Crippen LogP contribution < -0.4 is 0 Å². The van der Waals surface area contributed by atoms with Crippen LogP contribution in [0.5, 0.6) is 0 Å². The lowest BCUT2D eigenvalue weighted by Gasteiger charge is -2.18. The second kappa shape index (κ2) is 3.81. The maximum absolute atomic E-state index is 12.0. The van der Waals surface area contributed by atoms with Gasteiger partial charge in [0.15, 0.2) is 12.4 Å². The number of rotatable bonds is 3. The maximum Gasteiger partial charge on any atom is 0.456 e. The highest BCUT2D eigenvalue weighted by atomic mass is 19.4. The Bertz CT molecular complexity index is 244. The van der Waals surface area contributed by atoms with Crippen molar-refractivity contribution in [1.82, 2.24) is 0 Å². The molecule has 0 saturated heterocycles. The summed E-state index contributed by atoms with van der Waals surface area (Å²) in [5.74, 6) is -8.12. The van der Waals surface area contributed by atoms with E-state index in [1.165, 1.54) is 0 Å². The second-order valence-electron chi connectivity index (χ2n) is 2.23. The molecular formula is C6H5F5O3. The Morgan fingerprint density at radius 1 is 1.29 bits per heavy atom. The first-order valence-electron chi connectivity index (χ1n) is 3.07. The van der Waals surface area contributed by atoms with Crippen LogP contribution in [-0.4, -0.2) is 29.8 Å². The van der Waals surface area contributed by atoms with Gasteiger partial charge in [0.05, 0.1) is 0 Å². The third-order valence-electron chi connectivity index (χ3n) is 1.03. The van der Waals surface area contributed by atoms with Gasteiger partial charge in [-0.05, 0) is 6.58 Å². The van der Waals surface area contributed by atoms with Crippen molar-refractivity contribution in [1.29, 1.82) is 0 Å². The Balaban J connectivity index is 4.27. The molecule has 0 rings (SSSR count). The van der Waals surface area contributed by atoms with Crippen molar-refractivity contribution in [2.45, 2.75) is 12.1 Å². The molecule has 3 nitrogen and oxygen atoms in total. The monoisotopic (exact) mass is 220 g/mol. The van der Waals surface area contributed by atoms with E-state index in [9.17, 15) is 26.7 Å². The van der Waals surface area contributed by atoms with E-state index in [1.807, 2.05) is 0 Å². The number of carbonyl (C=O) groups excluding carboxylic acids is 1. The minimum absolute atomic E-state index is 1.25. The van der Waals surface area contributed by atoms with Gasteiger partial charge in [0.1, 0.15) is 0 Å². The maximum atomic E-state index is 12.0. The second-order valence-corrected chi connectivity index (χ2v) is 2.23. The predicted octanol–water partition coefficient (Wildman–Crippen LogP) is 1.80. The van der Waals surface area contributed by atoms with E-state index >= 15 is 0 Å². The number of aliphatic hydroxyl groups excluding tert-OH is 1. The van der Waals surface area contributed by atoms with Crippen LogP contribution in [-0.2, 0) is 9.53 Å². The molecule has 0 aliphatic carbocycles. The lowest BCUT2D eigenvalue weighted by Crippen LogP contribution is -2.41. The van der Waals surface area contributed by atoms with Gasteiger partial charge < -0.3 is 9.84 Å². The largest absolute Gasteiger partial charge is 0.502 e. The van der Waals surface area contributed by atoms with E-state index in [0.717, 1.165) is 0 Å². The number of hydrogen-bond acceptors (Lipinski definition) is 3. The smallest absolute Gasteiger partial charge is 0.456 e. The SMILES string of the molecule is C=C(O)C(=O)OCC(F)(F)C(F)(F)F. The topological polar surface area (TPSA) is 46.5 Å². The number of hydrogen-bond donors (Lipinski definition) is 1. The molecule has 0 aromatic rings. The van der Waals surface area contributed by atoms with Gasteiger partial charge in [-0.1, -0.05) is 0 Å². The zero-order valence-electron chi connectivity index (χ0n) is 6.57. The van der Waals surface area contributed by atoms with E-state index in [1.54, 1.807) is 0 Å². The van der Waals surface area contributed by atoms with E-state index in [4.69, 9.17) is 5.11 Å². The average Bonchev–Trinajstić information content (AvgIpc) is 1.97. The van der Waals surface area contributed by atoms with Crippen LogP contribution in [0.3, 0.4) is 0 Å². The van der Waals surface area contributed by atoms with Gasteiger partial charge in [0.25, 0.3) is 0 Å². The third-order valence-corrected chi connectivity index (χ3v) is 1.03. The molecule has 0 fully saturated rings. The molecule has 14 heavy (non-hydrogen) atoms. The summed E-state index contributed by atoms with van der Waals surface area (Å²) in [5.41, 5.74) is 0. The molecule has 0 aromatic carbocycles. The zero-order chi connectivity index (χ0) is 11.6. The lowest BCUT2D eigenvalue weighted by molar-refractivity contribution is -0.294. The van der Waals surface area contributed by atoms with Crippen LogP contribution in [0.25, 0.3) is 0 Å². The van der Waals surface area contributed by atoms with Crippen molar-refractivity contribution in [3.8, 4) is 0 Å². The van der Waals surface area contributed by atoms with Crippen LogP contribution >= 0.6 is 0 Å². The molecule has 0 aromatic heterocycles. The summed E-state index contributed by atoms with van der Waals surface area (Å²) in [5, 5.41) is 8.23. The number of esters is 1. The number of alkyl halides is 5. The standard InChI is InChI=1S/C6H5F5O3/c1-3(12)4(13)14-2-5(7,8)6(9,10)11/h12H,1-2H2. The molecule has 0 saturated carbocycles. The highest BCUT2D eigenvalue weighted by Crippen LogP contribution is 2.35. The predicted molar refractivity (Wildman–Crippen MR) is 33.7 cm³/mol. The van der Waals surface area contributed by atoms with Crippen LogP contribution in [0.2, 0.25) is 0 Å². The van der Waals surface area contributed by atoms with E-state index < -0.39 is 30.4 Å². The molecule has 0 aliphatic heterocycles. The molecule has 0 heterocycles. The Morgan fingerprint density at radius 2 is 1.71 bits per heavy atom. The summed E-state index contributed by atoms with van der Waals surface area (Å²) in [6.45, 7) is 0.387. The summed E-state index contributed by atoms with van der Waals surface area (Å²) in [7, 11) is 0. The molecule has 82 valence electrons. The van der Waals surface area contributed by atoms with Gasteiger partial charge in [-0.25, -0.2) is 4.79 Å². The molecule has 0 amide bonds. The van der Waals surface area contributed by atoms with Crippen molar-refractivity contribution >= 4 is 5.97 Å². The summed E-state index contributed by atoms with van der Waals surface area (Å²) in [6, 6.07) is 0. The summed E-state index contributed by atoms with van der Waals surface area (Å²) in [4.78, 5) is 10.2. The first kappa shape index (κ1) is 12.7. The molecular weight excluding hydrogens is 215 g/mol. The molecule has 0 unspecified atom stereocenters. The van der Waals surface area contributed by atoms with Crippen LogP contribution in [0, 0.1) is 0 Å². The molecule has 0 radical (unpaired) electrons. The summed E-state index contributed by atoms with van der Waals surface area (Å²) < 4.78 is 61.9. The molecule has 8 heteroatoms. The van der Waals surface area contributed by atoms with Gasteiger partial charge in [-0.15, -0.1) is 0 Å². The van der Waals surface area contributed by atoms with Gasteiger partial charge >= 0.3 is 18.1 Å². The Morgan fingerprint density at radius 3 is 2.00 bits per heavy atom. The molecule has 0 spiro atoms. The van der Waals surface area contributed by atoms with Crippen molar-refractivity contribution in [3.63, 3.8) is 0 Å². The zero-order valence-corrected chi connectivity index (χ0v) is 6.57. The fourth-order valence-corrected chi connectivity index (χ4v) is 0.321. The van der Waals surface area contributed by atoms with Gasteiger partial charge in [-0.3, -0.25) is 0 Å². The number of aliphatic hydroxyl groups is 1. The fraction of sp³-hybridized carbons (Fsp3) is 0.500. The van der Waals surface area contributed by atoms with Crippen molar-refractivity contribution in [3.05, 3.63) is 12.3 Å². The summed E-state index contributed by atoms with van der Waals surface area (Å²) in [6.07, 6.45) is -5.80. The highest BCUT2D eigenvalue weighted by Gasteiger charge is 2.58. The molecule has 0 bridgehead atoms. The highest BCUT2D eigenvalue weighted by molar-refractivity contribution is 5.84. The van der Waals surface area contributed by atoms with Crippen molar-refractivity contribution < 1.29 is 36.6 Å². The van der Waals surface area contributed by atoms with E-state index in [-0.39, 0.29) is 0 Å². The Hall–Kier alpha value is -1.34. The minimum atomic E-state index is -5.80. The lowest BCUT2D eigenvalue weighted by atomic mass is 10.3. The minimum Gasteiger partial charge on any atom is -0.502 e. The van der Waals surface area contributed by atoms with Crippen LogP contribution in [0.15, 0.2) is 12.3 Å². The summed E-state index contributed by atoms with van der Waals surface area (Å²) >= 11 is 0. The van der Waals surface area contributed by atoms with Crippen LogP contribution in [0.1, 0.15) is 0 Å². The first-order chi connectivity index (χ1) is 6.08. The number of ether oxygens (including phenoxy) is 1. The van der Waals surface area contributed by atoms with Crippen LogP contribution in [0.4, 0.5) is 22.0 Å². The first-order valence-corrected chi connectivity index (χ1v) is 3.07. The van der Waals surface area contributed by atoms with E-state index in [0.29, 0.717) is 0 Å². The van der Waals surface area contributed by atoms with Crippen molar-refractivity contribution in [2.75, 3.05) is 6.61 Å². The van der Waals surface area contributed by atoms with Gasteiger partial charge in [0.2, 0.25) is 0 Å². The number of halogens is 5. The normalized spacial score (nSPS) is 12.4. The molecule has 0 aliphatic rings. The fourth-order valence-electron chi connectivity index (χ4n) is 0.321. The Labute approximate surface area is 74.8 Å².